The van der Waals surface area contributed by atoms with Crippen molar-refractivity contribution in [3.8, 4) is 0 Å². The van der Waals surface area contributed by atoms with Crippen LogP contribution in [-0.4, -0.2) is 36.3 Å². The van der Waals surface area contributed by atoms with Crippen LogP contribution in [-0.2, 0) is 9.31 Å². The molecule has 2 aliphatic heterocycles. The number of rotatable bonds is 2. The van der Waals surface area contributed by atoms with E-state index in [2.05, 4.69) is 57.9 Å². The Labute approximate surface area is 105 Å². The average molecular weight is 235 g/mol. The summed E-state index contributed by atoms with van der Waals surface area (Å²) in [6.07, 6.45) is 6.39. The summed E-state index contributed by atoms with van der Waals surface area (Å²) >= 11 is 0. The molecule has 0 amide bonds. The maximum absolute atomic E-state index is 6.01. The fourth-order valence-corrected chi connectivity index (χ4v) is 1.93. The first-order valence-electron chi connectivity index (χ1n) is 6.34. The summed E-state index contributed by atoms with van der Waals surface area (Å²) < 4.78 is 12.0. The van der Waals surface area contributed by atoms with E-state index in [1.807, 2.05) is 0 Å². The van der Waals surface area contributed by atoms with Crippen molar-refractivity contribution in [3.63, 3.8) is 0 Å². The molecule has 4 heteroatoms. The third-order valence-electron chi connectivity index (χ3n) is 3.97. The van der Waals surface area contributed by atoms with Crippen molar-refractivity contribution in [2.75, 3.05) is 13.1 Å². The summed E-state index contributed by atoms with van der Waals surface area (Å²) in [4.78, 5) is 2.24. The van der Waals surface area contributed by atoms with Gasteiger partial charge >= 0.3 is 7.12 Å². The zero-order valence-electron chi connectivity index (χ0n) is 11.5. The second-order valence-electron chi connectivity index (χ2n) is 5.70. The fourth-order valence-electron chi connectivity index (χ4n) is 1.93. The molecule has 0 aromatic heterocycles. The first-order chi connectivity index (χ1) is 7.86. The third kappa shape index (κ3) is 2.29. The standard InChI is InChI=1S/C13H22BNO2/c1-6-15-9-7-11(8-10-15)14-16-12(2,3)13(4,5)17-14/h7-9H,6,10H2,1-5H3. The SMILES string of the molecule is CCN1C=CC(B2OC(C)(C)C(C)(C)O2)=CC1. The number of hydrogen-bond acceptors (Lipinski definition) is 3. The second kappa shape index (κ2) is 4.18. The molecule has 0 unspecified atom stereocenters. The molecule has 2 heterocycles. The Kier molecular flexibility index (Phi) is 3.13. The van der Waals surface area contributed by atoms with Crippen molar-refractivity contribution in [1.82, 2.24) is 4.90 Å². The zero-order chi connectivity index (χ0) is 12.7. The predicted octanol–water partition coefficient (Wildman–Crippen LogP) is 2.39. The fraction of sp³-hybridized carbons (Fsp3) is 0.692. The van der Waals surface area contributed by atoms with Gasteiger partial charge in [0.2, 0.25) is 0 Å². The van der Waals surface area contributed by atoms with Crippen molar-refractivity contribution in [2.24, 2.45) is 0 Å². The van der Waals surface area contributed by atoms with Crippen molar-refractivity contribution in [1.29, 1.82) is 0 Å². The van der Waals surface area contributed by atoms with Gasteiger partial charge in [-0.25, -0.2) is 0 Å². The maximum atomic E-state index is 6.01. The largest absolute Gasteiger partial charge is 0.494 e. The Hall–Kier alpha value is -0.735. The summed E-state index contributed by atoms with van der Waals surface area (Å²) in [6.45, 7) is 12.4. The summed E-state index contributed by atoms with van der Waals surface area (Å²) in [7, 11) is -0.227. The van der Waals surface area contributed by atoms with Crippen LogP contribution in [0, 0.1) is 0 Å². The molecule has 0 radical (unpaired) electrons. The number of likely N-dealkylation sites (N-methyl/N-ethyl adjacent to an activating group) is 1. The number of nitrogens with zero attached hydrogens (tertiary/aromatic N) is 1. The molecule has 0 spiro atoms. The van der Waals surface area contributed by atoms with Crippen LogP contribution in [0.5, 0.6) is 0 Å². The molecule has 0 N–H and O–H groups in total. The van der Waals surface area contributed by atoms with Gasteiger partial charge in [0.05, 0.1) is 11.2 Å². The molecule has 0 bridgehead atoms. The molecule has 3 nitrogen and oxygen atoms in total. The Balaban J connectivity index is 2.08. The van der Waals surface area contributed by atoms with Crippen molar-refractivity contribution in [3.05, 3.63) is 23.8 Å². The summed E-state index contributed by atoms with van der Waals surface area (Å²) in [5.41, 5.74) is 0.621. The first kappa shape index (κ1) is 12.7. The lowest BCUT2D eigenvalue weighted by Crippen LogP contribution is -2.41. The molecule has 0 aromatic rings. The molecule has 2 aliphatic rings. The van der Waals surface area contributed by atoms with Gasteiger partial charge in [-0.15, -0.1) is 0 Å². The molecular weight excluding hydrogens is 213 g/mol. The van der Waals surface area contributed by atoms with E-state index in [-0.39, 0.29) is 18.3 Å². The molecule has 0 saturated carbocycles. The summed E-state index contributed by atoms with van der Waals surface area (Å²) in [6, 6.07) is 0. The molecule has 1 fully saturated rings. The van der Waals surface area contributed by atoms with Gasteiger partial charge in [0.25, 0.3) is 0 Å². The van der Waals surface area contributed by atoms with Crippen LogP contribution in [0.2, 0.25) is 0 Å². The van der Waals surface area contributed by atoms with Gasteiger partial charge in [-0.3, -0.25) is 0 Å². The van der Waals surface area contributed by atoms with E-state index in [1.165, 1.54) is 0 Å². The van der Waals surface area contributed by atoms with E-state index in [0.29, 0.717) is 0 Å². The first-order valence-corrected chi connectivity index (χ1v) is 6.34. The van der Waals surface area contributed by atoms with E-state index in [4.69, 9.17) is 9.31 Å². The molecule has 0 aromatic carbocycles. The monoisotopic (exact) mass is 235 g/mol. The van der Waals surface area contributed by atoms with Gasteiger partial charge < -0.3 is 14.2 Å². The van der Waals surface area contributed by atoms with Crippen LogP contribution < -0.4 is 0 Å². The molecule has 94 valence electrons. The average Bonchev–Trinajstić information content (AvgIpc) is 2.48. The lowest BCUT2D eigenvalue weighted by atomic mass is 9.77. The van der Waals surface area contributed by atoms with Gasteiger partial charge in [-0.05, 0) is 52.4 Å². The van der Waals surface area contributed by atoms with Gasteiger partial charge in [-0.1, -0.05) is 6.08 Å². The number of hydrogen-bond donors (Lipinski definition) is 0. The van der Waals surface area contributed by atoms with Crippen molar-refractivity contribution < 1.29 is 9.31 Å². The minimum absolute atomic E-state index is 0.227. The van der Waals surface area contributed by atoms with Crippen LogP contribution in [0.4, 0.5) is 0 Å². The summed E-state index contributed by atoms with van der Waals surface area (Å²) in [5, 5.41) is 0. The highest BCUT2D eigenvalue weighted by molar-refractivity contribution is 6.55. The third-order valence-corrected chi connectivity index (χ3v) is 3.97. The highest BCUT2D eigenvalue weighted by Crippen LogP contribution is 2.38. The highest BCUT2D eigenvalue weighted by atomic mass is 16.7. The number of allylic oxidation sites excluding steroid dienone is 2. The molecular formula is C13H22BNO2. The van der Waals surface area contributed by atoms with E-state index < -0.39 is 0 Å². The Bertz CT molecular complexity index is 344. The molecule has 2 rings (SSSR count). The maximum Gasteiger partial charge on any atom is 0.494 e. The lowest BCUT2D eigenvalue weighted by Gasteiger charge is -2.32. The lowest BCUT2D eigenvalue weighted by molar-refractivity contribution is 0.00578. The zero-order valence-corrected chi connectivity index (χ0v) is 11.5. The van der Waals surface area contributed by atoms with E-state index in [1.54, 1.807) is 0 Å². The van der Waals surface area contributed by atoms with Gasteiger partial charge in [0, 0.05) is 13.1 Å². The van der Waals surface area contributed by atoms with Gasteiger partial charge in [0.15, 0.2) is 0 Å². The minimum Gasteiger partial charge on any atom is -0.399 e. The molecule has 0 aliphatic carbocycles. The summed E-state index contributed by atoms with van der Waals surface area (Å²) in [5.74, 6) is 0. The van der Waals surface area contributed by atoms with E-state index in [9.17, 15) is 0 Å². The van der Waals surface area contributed by atoms with Crippen molar-refractivity contribution in [2.45, 2.75) is 45.8 Å². The molecule has 0 atom stereocenters. The highest BCUT2D eigenvalue weighted by Gasteiger charge is 2.52. The van der Waals surface area contributed by atoms with Crippen LogP contribution in [0.25, 0.3) is 0 Å². The normalized spacial score (nSPS) is 26.3. The Morgan fingerprint density at radius 1 is 1.24 bits per heavy atom. The smallest absolute Gasteiger partial charge is 0.399 e. The van der Waals surface area contributed by atoms with E-state index >= 15 is 0 Å². The Morgan fingerprint density at radius 2 is 1.82 bits per heavy atom. The predicted molar refractivity (Wildman–Crippen MR) is 70.6 cm³/mol. The van der Waals surface area contributed by atoms with Crippen molar-refractivity contribution >= 4 is 7.12 Å². The molecule has 1 saturated heterocycles. The molecule has 17 heavy (non-hydrogen) atoms. The topological polar surface area (TPSA) is 21.7 Å². The minimum atomic E-state index is -0.256. The Morgan fingerprint density at radius 3 is 2.24 bits per heavy atom. The van der Waals surface area contributed by atoms with Gasteiger partial charge in [-0.2, -0.15) is 0 Å². The van der Waals surface area contributed by atoms with Crippen LogP contribution in [0.1, 0.15) is 34.6 Å². The quantitative estimate of drug-likeness (QED) is 0.686. The van der Waals surface area contributed by atoms with Crippen LogP contribution in [0.3, 0.4) is 0 Å². The van der Waals surface area contributed by atoms with Crippen LogP contribution in [0.15, 0.2) is 23.8 Å². The van der Waals surface area contributed by atoms with Crippen LogP contribution >= 0.6 is 0 Å². The van der Waals surface area contributed by atoms with Gasteiger partial charge in [0.1, 0.15) is 0 Å². The van der Waals surface area contributed by atoms with E-state index in [0.717, 1.165) is 18.6 Å². The second-order valence-corrected chi connectivity index (χ2v) is 5.70.